The van der Waals surface area contributed by atoms with Crippen LogP contribution in [0.5, 0.6) is 5.75 Å². The summed E-state index contributed by atoms with van der Waals surface area (Å²) in [7, 11) is 1.65. The van der Waals surface area contributed by atoms with Gasteiger partial charge in [0.25, 0.3) is 11.5 Å². The minimum atomic E-state index is 0.00838. The molecule has 0 spiro atoms. The molecule has 158 valence electrons. The number of rotatable bonds is 5. The molecule has 1 aliphatic rings. The van der Waals surface area contributed by atoms with Crippen LogP contribution in [-0.2, 0) is 25.9 Å². The molecular formula is C23H21N3O3S2. The van der Waals surface area contributed by atoms with Gasteiger partial charge in [0.05, 0.1) is 30.2 Å². The third-order valence-corrected chi connectivity index (χ3v) is 7.63. The summed E-state index contributed by atoms with van der Waals surface area (Å²) in [4.78, 5) is 35.0. The van der Waals surface area contributed by atoms with Gasteiger partial charge in [0.1, 0.15) is 10.6 Å². The first-order chi connectivity index (χ1) is 15.1. The summed E-state index contributed by atoms with van der Waals surface area (Å²) < 4.78 is 6.90. The number of hydrogen-bond donors (Lipinski definition) is 0. The lowest BCUT2D eigenvalue weighted by Crippen LogP contribution is -2.35. The molecule has 4 heterocycles. The number of thiophene rings is 2. The Labute approximate surface area is 187 Å². The predicted octanol–water partition coefficient (Wildman–Crippen LogP) is 3.97. The maximum absolute atomic E-state index is 13.2. The molecule has 6 nitrogen and oxygen atoms in total. The highest BCUT2D eigenvalue weighted by atomic mass is 32.1. The van der Waals surface area contributed by atoms with Crippen molar-refractivity contribution in [2.24, 2.45) is 0 Å². The average Bonchev–Trinajstić information content (AvgIpc) is 3.46. The van der Waals surface area contributed by atoms with Crippen LogP contribution in [0, 0.1) is 0 Å². The molecule has 0 aliphatic carbocycles. The van der Waals surface area contributed by atoms with E-state index >= 15 is 0 Å². The van der Waals surface area contributed by atoms with Crippen molar-refractivity contribution < 1.29 is 9.53 Å². The van der Waals surface area contributed by atoms with E-state index in [9.17, 15) is 9.59 Å². The van der Waals surface area contributed by atoms with Crippen LogP contribution in [0.1, 0.15) is 25.7 Å². The number of fused-ring (bicyclic) bond motifs is 3. The van der Waals surface area contributed by atoms with Crippen LogP contribution in [-0.4, -0.2) is 34.0 Å². The van der Waals surface area contributed by atoms with Crippen molar-refractivity contribution in [1.29, 1.82) is 0 Å². The van der Waals surface area contributed by atoms with Crippen LogP contribution in [0.3, 0.4) is 0 Å². The van der Waals surface area contributed by atoms with E-state index < -0.39 is 0 Å². The van der Waals surface area contributed by atoms with E-state index in [1.165, 1.54) is 22.7 Å². The molecule has 0 radical (unpaired) electrons. The smallest absolute Gasteiger partial charge is 0.264 e. The van der Waals surface area contributed by atoms with E-state index in [1.807, 2.05) is 46.7 Å². The molecule has 31 heavy (non-hydrogen) atoms. The maximum Gasteiger partial charge on any atom is 0.264 e. The Morgan fingerprint density at radius 2 is 2.06 bits per heavy atom. The van der Waals surface area contributed by atoms with Crippen molar-refractivity contribution in [2.75, 3.05) is 13.7 Å². The lowest BCUT2D eigenvalue weighted by atomic mass is 10.1. The second-order valence-corrected chi connectivity index (χ2v) is 9.51. The molecule has 0 unspecified atom stereocenters. The summed E-state index contributed by atoms with van der Waals surface area (Å²) >= 11 is 2.99. The Morgan fingerprint density at radius 1 is 1.23 bits per heavy atom. The molecule has 5 rings (SSSR count). The minimum absolute atomic E-state index is 0.00838. The zero-order chi connectivity index (χ0) is 21.4. The summed E-state index contributed by atoms with van der Waals surface area (Å²) in [5.41, 5.74) is 2.21. The van der Waals surface area contributed by atoms with Crippen molar-refractivity contribution in [3.05, 3.63) is 79.3 Å². The molecular weight excluding hydrogens is 430 g/mol. The number of carbonyl (C=O) groups is 1. The average molecular weight is 452 g/mol. The molecule has 0 N–H and O–H groups in total. The molecule has 0 saturated carbocycles. The van der Waals surface area contributed by atoms with Gasteiger partial charge in [0, 0.05) is 18.0 Å². The Hall–Kier alpha value is -2.97. The topological polar surface area (TPSA) is 64.4 Å². The SMILES string of the molecule is COc1ccc(CCn2cnc3sc4c(c3c2=O)CCN(C(=O)c2cccs2)C4)cc1. The van der Waals surface area contributed by atoms with Gasteiger partial charge in [-0.05, 0) is 47.5 Å². The number of aryl methyl sites for hydroxylation is 2. The molecule has 0 fully saturated rings. The normalized spacial score (nSPS) is 13.4. The van der Waals surface area contributed by atoms with Gasteiger partial charge in [-0.3, -0.25) is 14.2 Å². The number of aromatic nitrogens is 2. The fourth-order valence-electron chi connectivity index (χ4n) is 3.95. The van der Waals surface area contributed by atoms with Gasteiger partial charge in [-0.15, -0.1) is 22.7 Å². The highest BCUT2D eigenvalue weighted by molar-refractivity contribution is 7.18. The van der Waals surface area contributed by atoms with Crippen molar-refractivity contribution >= 4 is 38.8 Å². The van der Waals surface area contributed by atoms with E-state index in [2.05, 4.69) is 4.98 Å². The number of methoxy groups -OCH3 is 1. The zero-order valence-corrected chi connectivity index (χ0v) is 18.7. The van der Waals surface area contributed by atoms with Crippen LogP contribution in [0.2, 0.25) is 0 Å². The largest absolute Gasteiger partial charge is 0.497 e. The Morgan fingerprint density at radius 3 is 2.81 bits per heavy atom. The van der Waals surface area contributed by atoms with E-state index in [0.29, 0.717) is 26.1 Å². The van der Waals surface area contributed by atoms with Crippen LogP contribution < -0.4 is 10.3 Å². The van der Waals surface area contributed by atoms with Gasteiger partial charge in [0.15, 0.2) is 0 Å². The van der Waals surface area contributed by atoms with Crippen molar-refractivity contribution in [1.82, 2.24) is 14.5 Å². The highest BCUT2D eigenvalue weighted by Crippen LogP contribution is 2.33. The van der Waals surface area contributed by atoms with Gasteiger partial charge >= 0.3 is 0 Å². The molecule has 1 aliphatic heterocycles. The van der Waals surface area contributed by atoms with E-state index in [-0.39, 0.29) is 11.5 Å². The molecule has 0 bridgehead atoms. The number of ether oxygens (including phenoxy) is 1. The van der Waals surface area contributed by atoms with E-state index in [1.54, 1.807) is 18.0 Å². The van der Waals surface area contributed by atoms with Gasteiger partial charge in [-0.25, -0.2) is 4.98 Å². The van der Waals surface area contributed by atoms with Gasteiger partial charge in [-0.1, -0.05) is 18.2 Å². The first-order valence-corrected chi connectivity index (χ1v) is 11.8. The third-order valence-electron chi connectivity index (χ3n) is 5.65. The summed E-state index contributed by atoms with van der Waals surface area (Å²) in [5.74, 6) is 0.878. The number of nitrogens with zero attached hydrogens (tertiary/aromatic N) is 3. The van der Waals surface area contributed by atoms with Crippen LogP contribution in [0.4, 0.5) is 0 Å². The van der Waals surface area contributed by atoms with Gasteiger partial charge < -0.3 is 9.64 Å². The summed E-state index contributed by atoms with van der Waals surface area (Å²) in [6.45, 7) is 1.73. The second-order valence-electron chi connectivity index (χ2n) is 7.48. The number of hydrogen-bond acceptors (Lipinski definition) is 6. The lowest BCUT2D eigenvalue weighted by molar-refractivity contribution is 0.0742. The zero-order valence-electron chi connectivity index (χ0n) is 17.0. The maximum atomic E-state index is 13.2. The van der Waals surface area contributed by atoms with Crippen LogP contribution >= 0.6 is 22.7 Å². The first-order valence-electron chi connectivity index (χ1n) is 10.1. The Balaban J connectivity index is 1.38. The van der Waals surface area contributed by atoms with E-state index in [4.69, 9.17) is 4.74 Å². The number of benzene rings is 1. The van der Waals surface area contributed by atoms with Gasteiger partial charge in [0.2, 0.25) is 0 Å². The van der Waals surface area contributed by atoms with Crippen molar-refractivity contribution in [2.45, 2.75) is 25.9 Å². The Bertz CT molecular complexity index is 1290. The molecule has 0 atom stereocenters. The number of amides is 1. The van der Waals surface area contributed by atoms with Crippen molar-refractivity contribution in [3.8, 4) is 5.75 Å². The standard InChI is InChI=1S/C23H21N3O3S2/c1-29-16-6-4-15(5-7-16)8-10-26-14-24-21-20(23(26)28)17-9-11-25(13-19(17)31-21)22(27)18-3-2-12-30-18/h2-7,12,14H,8-11,13H2,1H3. The quantitative estimate of drug-likeness (QED) is 0.461. The van der Waals surface area contributed by atoms with Crippen LogP contribution in [0.25, 0.3) is 10.2 Å². The van der Waals surface area contributed by atoms with Gasteiger partial charge in [-0.2, -0.15) is 0 Å². The molecule has 3 aromatic heterocycles. The monoisotopic (exact) mass is 451 g/mol. The minimum Gasteiger partial charge on any atom is -0.497 e. The molecule has 4 aromatic rings. The highest BCUT2D eigenvalue weighted by Gasteiger charge is 2.27. The lowest BCUT2D eigenvalue weighted by Gasteiger charge is -2.26. The molecule has 1 amide bonds. The van der Waals surface area contributed by atoms with Crippen LogP contribution in [0.15, 0.2) is 52.9 Å². The molecule has 0 saturated heterocycles. The first kappa shape index (κ1) is 20.0. The van der Waals surface area contributed by atoms with E-state index in [0.717, 1.165) is 43.3 Å². The summed E-state index contributed by atoms with van der Waals surface area (Å²) in [6.07, 6.45) is 3.07. The molecule has 8 heteroatoms. The second kappa shape index (κ2) is 8.28. The Kier molecular flexibility index (Phi) is 5.33. The fourth-order valence-corrected chi connectivity index (χ4v) is 5.83. The molecule has 1 aromatic carbocycles. The number of carbonyl (C=O) groups excluding carboxylic acids is 1. The predicted molar refractivity (Wildman–Crippen MR) is 123 cm³/mol. The fraction of sp³-hybridized carbons (Fsp3) is 0.261. The third kappa shape index (κ3) is 3.77. The summed E-state index contributed by atoms with van der Waals surface area (Å²) in [5, 5.41) is 2.64. The summed E-state index contributed by atoms with van der Waals surface area (Å²) in [6, 6.07) is 11.6. The van der Waals surface area contributed by atoms with Crippen molar-refractivity contribution in [3.63, 3.8) is 0 Å².